The van der Waals surface area contributed by atoms with Crippen LogP contribution in [0.25, 0.3) is 0 Å². The van der Waals surface area contributed by atoms with Crippen molar-refractivity contribution in [2.75, 3.05) is 27.8 Å². The van der Waals surface area contributed by atoms with Crippen molar-refractivity contribution in [1.29, 1.82) is 0 Å². The lowest BCUT2D eigenvalue weighted by atomic mass is 10.0. The molecule has 1 amide bonds. The van der Waals surface area contributed by atoms with E-state index >= 15 is 0 Å². The molecule has 1 N–H and O–H groups in total. The van der Waals surface area contributed by atoms with E-state index in [4.69, 9.17) is 9.47 Å². The first-order valence-electron chi connectivity index (χ1n) is 7.31. The molecule has 0 spiro atoms. The van der Waals surface area contributed by atoms with Gasteiger partial charge in [-0.25, -0.2) is 0 Å². The summed E-state index contributed by atoms with van der Waals surface area (Å²) in [7, 11) is 5.01. The Balaban J connectivity index is 2.33. The lowest BCUT2D eigenvalue weighted by Gasteiger charge is -2.30. The van der Waals surface area contributed by atoms with E-state index in [1.54, 1.807) is 21.3 Å². The second-order valence-electron chi connectivity index (χ2n) is 5.29. The maximum absolute atomic E-state index is 11.9. The van der Waals surface area contributed by atoms with Gasteiger partial charge in [-0.1, -0.05) is 0 Å². The predicted octanol–water partition coefficient (Wildman–Crippen LogP) is 1.98. The van der Waals surface area contributed by atoms with Gasteiger partial charge in [-0.2, -0.15) is 0 Å². The van der Waals surface area contributed by atoms with Crippen LogP contribution < -0.4 is 14.8 Å². The maximum Gasteiger partial charge on any atom is 0.236 e. The van der Waals surface area contributed by atoms with Crippen LogP contribution in [0.1, 0.15) is 31.4 Å². The number of amides is 1. The number of carbonyl (C=O) groups excluding carboxylic acids is 1. The summed E-state index contributed by atoms with van der Waals surface area (Å²) in [6.07, 6.45) is 2.09. The standard InChI is InChI=1S/C16H24N2O3/c1-11(16(19)17-2)18-9-5-6-14(18)13-10-12(20-3)7-8-15(13)21-4/h7-8,10-11,14H,5-6,9H2,1-4H3,(H,17,19)/t11-,14-/m1/s1. The van der Waals surface area contributed by atoms with Gasteiger partial charge in [-0.15, -0.1) is 0 Å². The third-order valence-electron chi connectivity index (χ3n) is 4.21. The second kappa shape index (κ2) is 6.80. The van der Waals surface area contributed by atoms with Gasteiger partial charge < -0.3 is 14.8 Å². The molecule has 1 heterocycles. The van der Waals surface area contributed by atoms with Crippen molar-refractivity contribution in [3.8, 4) is 11.5 Å². The summed E-state index contributed by atoms with van der Waals surface area (Å²) in [4.78, 5) is 14.2. The average molecular weight is 292 g/mol. The molecule has 116 valence electrons. The molecule has 1 aromatic carbocycles. The fourth-order valence-corrected chi connectivity index (χ4v) is 3.05. The van der Waals surface area contributed by atoms with Crippen LogP contribution in [0.4, 0.5) is 0 Å². The van der Waals surface area contributed by atoms with E-state index in [0.717, 1.165) is 36.4 Å². The Morgan fingerprint density at radius 1 is 1.38 bits per heavy atom. The SMILES string of the molecule is CNC(=O)[C@@H](C)N1CCC[C@@H]1c1cc(OC)ccc1OC. The van der Waals surface area contributed by atoms with Crippen molar-refractivity contribution in [2.45, 2.75) is 31.8 Å². The molecule has 1 aromatic rings. The molecular weight excluding hydrogens is 268 g/mol. The molecule has 0 saturated carbocycles. The van der Waals surface area contributed by atoms with Gasteiger partial charge in [0.1, 0.15) is 11.5 Å². The van der Waals surface area contributed by atoms with E-state index in [1.807, 2.05) is 25.1 Å². The van der Waals surface area contributed by atoms with Gasteiger partial charge in [0.15, 0.2) is 0 Å². The molecule has 1 saturated heterocycles. The number of nitrogens with one attached hydrogen (secondary N) is 1. The van der Waals surface area contributed by atoms with Crippen LogP contribution in [-0.4, -0.2) is 44.7 Å². The minimum Gasteiger partial charge on any atom is -0.497 e. The molecule has 0 radical (unpaired) electrons. The maximum atomic E-state index is 11.9. The van der Waals surface area contributed by atoms with Gasteiger partial charge in [-0.3, -0.25) is 9.69 Å². The zero-order chi connectivity index (χ0) is 15.4. The number of ether oxygens (including phenoxy) is 2. The number of likely N-dealkylation sites (N-methyl/N-ethyl adjacent to an activating group) is 1. The number of benzene rings is 1. The van der Waals surface area contributed by atoms with Crippen LogP contribution in [0.3, 0.4) is 0 Å². The van der Waals surface area contributed by atoms with Crippen molar-refractivity contribution < 1.29 is 14.3 Å². The van der Waals surface area contributed by atoms with Gasteiger partial charge in [-0.05, 0) is 44.5 Å². The molecule has 0 aliphatic carbocycles. The Morgan fingerprint density at radius 3 is 2.76 bits per heavy atom. The zero-order valence-corrected chi connectivity index (χ0v) is 13.2. The van der Waals surface area contributed by atoms with Gasteiger partial charge in [0.05, 0.1) is 20.3 Å². The van der Waals surface area contributed by atoms with Crippen molar-refractivity contribution in [2.24, 2.45) is 0 Å². The summed E-state index contributed by atoms with van der Waals surface area (Å²) < 4.78 is 10.8. The number of rotatable bonds is 5. The Hall–Kier alpha value is -1.75. The number of nitrogens with zero attached hydrogens (tertiary/aromatic N) is 1. The fourth-order valence-electron chi connectivity index (χ4n) is 3.05. The predicted molar refractivity (Wildman–Crippen MR) is 81.8 cm³/mol. The molecule has 1 fully saturated rings. The molecule has 1 aliphatic rings. The minimum absolute atomic E-state index is 0.0452. The molecule has 5 heteroatoms. The van der Waals surface area contributed by atoms with Crippen LogP contribution in [0.2, 0.25) is 0 Å². The van der Waals surface area contributed by atoms with Crippen molar-refractivity contribution in [3.05, 3.63) is 23.8 Å². The Labute approximate surface area is 126 Å². The van der Waals surface area contributed by atoms with Crippen LogP contribution in [0, 0.1) is 0 Å². The highest BCUT2D eigenvalue weighted by molar-refractivity contribution is 5.81. The van der Waals surface area contributed by atoms with E-state index in [1.165, 1.54) is 0 Å². The number of likely N-dealkylation sites (tertiary alicyclic amines) is 1. The lowest BCUT2D eigenvalue weighted by molar-refractivity contribution is -0.125. The van der Waals surface area contributed by atoms with E-state index in [0.29, 0.717) is 0 Å². The summed E-state index contributed by atoms with van der Waals surface area (Å²) >= 11 is 0. The molecule has 2 rings (SSSR count). The number of hydrogen-bond donors (Lipinski definition) is 1. The van der Waals surface area contributed by atoms with Crippen molar-refractivity contribution in [1.82, 2.24) is 10.2 Å². The lowest BCUT2D eigenvalue weighted by Crippen LogP contribution is -2.43. The Kier molecular flexibility index (Phi) is 5.07. The molecule has 0 aromatic heterocycles. The molecule has 0 bridgehead atoms. The number of carbonyl (C=O) groups is 1. The van der Waals surface area contributed by atoms with Crippen molar-refractivity contribution in [3.63, 3.8) is 0 Å². The summed E-state index contributed by atoms with van der Waals surface area (Å²) in [5.41, 5.74) is 1.09. The third kappa shape index (κ3) is 3.13. The Bertz CT molecular complexity index is 504. The second-order valence-corrected chi connectivity index (χ2v) is 5.29. The minimum atomic E-state index is -0.154. The fraction of sp³-hybridized carbons (Fsp3) is 0.562. The largest absolute Gasteiger partial charge is 0.497 e. The van der Waals surface area contributed by atoms with E-state index < -0.39 is 0 Å². The average Bonchev–Trinajstić information content (AvgIpc) is 3.01. The molecular formula is C16H24N2O3. The highest BCUT2D eigenvalue weighted by atomic mass is 16.5. The summed E-state index contributed by atoms with van der Waals surface area (Å²) in [6.45, 7) is 2.86. The Morgan fingerprint density at radius 2 is 2.14 bits per heavy atom. The number of hydrogen-bond acceptors (Lipinski definition) is 4. The highest BCUT2D eigenvalue weighted by Gasteiger charge is 2.34. The summed E-state index contributed by atoms with van der Waals surface area (Å²) in [5.74, 6) is 1.70. The monoisotopic (exact) mass is 292 g/mol. The van der Waals surface area contributed by atoms with Gasteiger partial charge >= 0.3 is 0 Å². The quantitative estimate of drug-likeness (QED) is 0.901. The topological polar surface area (TPSA) is 50.8 Å². The zero-order valence-electron chi connectivity index (χ0n) is 13.2. The third-order valence-corrected chi connectivity index (χ3v) is 4.21. The van der Waals surface area contributed by atoms with Gasteiger partial charge in [0, 0.05) is 18.7 Å². The molecule has 2 atom stereocenters. The first-order valence-corrected chi connectivity index (χ1v) is 7.31. The molecule has 1 aliphatic heterocycles. The van der Waals surface area contributed by atoms with Crippen LogP contribution in [-0.2, 0) is 4.79 Å². The van der Waals surface area contributed by atoms with Crippen LogP contribution in [0.5, 0.6) is 11.5 Å². The molecule has 0 unspecified atom stereocenters. The van der Waals surface area contributed by atoms with E-state index in [-0.39, 0.29) is 18.0 Å². The highest BCUT2D eigenvalue weighted by Crippen LogP contribution is 2.39. The summed E-state index contributed by atoms with van der Waals surface area (Å²) in [5, 5.41) is 2.73. The first kappa shape index (κ1) is 15.6. The van der Waals surface area contributed by atoms with E-state index in [9.17, 15) is 4.79 Å². The van der Waals surface area contributed by atoms with Gasteiger partial charge in [0.25, 0.3) is 0 Å². The van der Waals surface area contributed by atoms with Gasteiger partial charge in [0.2, 0.25) is 5.91 Å². The van der Waals surface area contributed by atoms with Crippen LogP contribution >= 0.6 is 0 Å². The summed E-state index contributed by atoms with van der Waals surface area (Å²) in [6, 6.07) is 5.86. The molecule has 21 heavy (non-hydrogen) atoms. The smallest absolute Gasteiger partial charge is 0.236 e. The number of methoxy groups -OCH3 is 2. The molecule has 5 nitrogen and oxygen atoms in total. The van der Waals surface area contributed by atoms with Crippen LogP contribution in [0.15, 0.2) is 18.2 Å². The van der Waals surface area contributed by atoms with E-state index in [2.05, 4.69) is 10.2 Å². The first-order chi connectivity index (χ1) is 10.1. The van der Waals surface area contributed by atoms with Crippen molar-refractivity contribution >= 4 is 5.91 Å². The normalized spacial score (nSPS) is 20.1.